The van der Waals surface area contributed by atoms with Crippen LogP contribution >= 0.6 is 38.9 Å². The average Bonchev–Trinajstić information content (AvgIpc) is 2.89. The minimum Gasteiger partial charge on any atom is -0.411 e. The molecule has 0 unspecified atom stereocenters. The smallest absolute Gasteiger partial charge is 0.257 e. The molecule has 0 radical (unpaired) electrons. The van der Waals surface area contributed by atoms with Gasteiger partial charge in [-0.25, -0.2) is 4.98 Å². The van der Waals surface area contributed by atoms with E-state index >= 15 is 0 Å². The number of amides is 1. The van der Waals surface area contributed by atoms with E-state index in [1.54, 1.807) is 30.5 Å². The van der Waals surface area contributed by atoms with E-state index in [4.69, 9.17) is 16.8 Å². The molecule has 104 valence electrons. The minimum absolute atomic E-state index is 0.307. The first-order valence-corrected chi connectivity index (χ1v) is 7.47. The van der Waals surface area contributed by atoms with Crippen molar-refractivity contribution in [1.82, 2.24) is 4.98 Å². The van der Waals surface area contributed by atoms with Gasteiger partial charge in [-0.05, 0) is 41.1 Å². The fraction of sp³-hybridized carbons (Fsp3) is 0.0833. The number of nitrogens with one attached hydrogen (secondary N) is 1. The number of oxime groups is 1. The van der Waals surface area contributed by atoms with Crippen LogP contribution in [0.2, 0.25) is 5.02 Å². The molecule has 1 amide bonds. The highest BCUT2D eigenvalue weighted by Crippen LogP contribution is 2.24. The van der Waals surface area contributed by atoms with Gasteiger partial charge in [0, 0.05) is 15.4 Å². The summed E-state index contributed by atoms with van der Waals surface area (Å²) in [5, 5.41) is 17.0. The Morgan fingerprint density at radius 2 is 2.30 bits per heavy atom. The fourth-order valence-electron chi connectivity index (χ4n) is 1.36. The van der Waals surface area contributed by atoms with Crippen molar-refractivity contribution in [2.75, 3.05) is 5.32 Å². The molecule has 0 aliphatic heterocycles. The summed E-state index contributed by atoms with van der Waals surface area (Å²) in [4.78, 5) is 16.2. The van der Waals surface area contributed by atoms with Crippen molar-refractivity contribution >= 4 is 55.6 Å². The SMILES string of the molecule is C/C(=N/O)c1csc(NC(=O)c2ccc(Br)c(Cl)c2)n1. The van der Waals surface area contributed by atoms with Crippen LogP contribution in [0.5, 0.6) is 0 Å². The largest absolute Gasteiger partial charge is 0.411 e. The number of rotatable bonds is 3. The van der Waals surface area contributed by atoms with Crippen LogP contribution in [-0.2, 0) is 0 Å². The molecule has 1 aromatic heterocycles. The van der Waals surface area contributed by atoms with Gasteiger partial charge in [-0.1, -0.05) is 16.8 Å². The lowest BCUT2D eigenvalue weighted by atomic mass is 10.2. The van der Waals surface area contributed by atoms with Crippen LogP contribution in [0.25, 0.3) is 0 Å². The highest BCUT2D eigenvalue weighted by Gasteiger charge is 2.11. The van der Waals surface area contributed by atoms with Crippen LogP contribution < -0.4 is 5.32 Å². The molecule has 0 bridgehead atoms. The molecule has 0 fully saturated rings. The van der Waals surface area contributed by atoms with Gasteiger partial charge in [0.05, 0.1) is 5.02 Å². The normalized spacial score (nSPS) is 11.4. The fourth-order valence-corrected chi connectivity index (χ4v) is 2.53. The zero-order valence-corrected chi connectivity index (χ0v) is 13.4. The second kappa shape index (κ2) is 6.34. The Hall–Kier alpha value is -1.44. The Bertz CT molecular complexity index is 687. The zero-order chi connectivity index (χ0) is 14.7. The van der Waals surface area contributed by atoms with E-state index in [9.17, 15) is 4.79 Å². The average molecular weight is 375 g/mol. The van der Waals surface area contributed by atoms with Crippen LogP contribution in [-0.4, -0.2) is 21.8 Å². The summed E-state index contributed by atoms with van der Waals surface area (Å²) in [6.07, 6.45) is 0. The number of anilines is 1. The van der Waals surface area contributed by atoms with Crippen molar-refractivity contribution in [3.05, 3.63) is 44.3 Å². The number of halogens is 2. The molecule has 0 aliphatic rings. The maximum absolute atomic E-state index is 12.0. The predicted octanol–water partition coefficient (Wildman–Crippen LogP) is 4.01. The predicted molar refractivity (Wildman–Crippen MR) is 83.2 cm³/mol. The summed E-state index contributed by atoms with van der Waals surface area (Å²) in [7, 11) is 0. The lowest BCUT2D eigenvalue weighted by molar-refractivity contribution is 0.102. The van der Waals surface area contributed by atoms with E-state index in [1.807, 2.05) is 0 Å². The highest BCUT2D eigenvalue weighted by molar-refractivity contribution is 9.10. The molecule has 1 heterocycles. The molecule has 5 nitrogen and oxygen atoms in total. The number of carbonyl (C=O) groups excluding carboxylic acids is 1. The molecule has 0 saturated carbocycles. The van der Waals surface area contributed by atoms with Gasteiger partial charge in [-0.2, -0.15) is 0 Å². The third-order valence-corrected chi connectivity index (χ3v) is 4.42. The topological polar surface area (TPSA) is 74.6 Å². The second-order valence-electron chi connectivity index (χ2n) is 3.81. The molecule has 8 heteroatoms. The molecular weight excluding hydrogens is 366 g/mol. The van der Waals surface area contributed by atoms with Gasteiger partial charge in [0.1, 0.15) is 11.4 Å². The third-order valence-electron chi connectivity index (χ3n) is 2.43. The summed E-state index contributed by atoms with van der Waals surface area (Å²) < 4.78 is 0.724. The van der Waals surface area contributed by atoms with Crippen molar-refractivity contribution < 1.29 is 10.0 Å². The molecule has 20 heavy (non-hydrogen) atoms. The molecule has 0 atom stereocenters. The lowest BCUT2D eigenvalue weighted by Gasteiger charge is -2.03. The Kier molecular flexibility index (Phi) is 4.74. The van der Waals surface area contributed by atoms with Crippen LogP contribution in [0.15, 0.2) is 33.2 Å². The van der Waals surface area contributed by atoms with Gasteiger partial charge in [-0.3, -0.25) is 10.1 Å². The van der Waals surface area contributed by atoms with E-state index in [-0.39, 0.29) is 5.91 Å². The van der Waals surface area contributed by atoms with Gasteiger partial charge < -0.3 is 5.21 Å². The second-order valence-corrected chi connectivity index (χ2v) is 5.93. The van der Waals surface area contributed by atoms with E-state index in [0.717, 1.165) is 4.47 Å². The van der Waals surface area contributed by atoms with Crippen LogP contribution in [0.4, 0.5) is 5.13 Å². The van der Waals surface area contributed by atoms with E-state index in [2.05, 4.69) is 31.4 Å². The van der Waals surface area contributed by atoms with Crippen molar-refractivity contribution in [3.63, 3.8) is 0 Å². The number of benzene rings is 1. The molecule has 1 aromatic carbocycles. The van der Waals surface area contributed by atoms with Gasteiger partial charge in [0.25, 0.3) is 5.91 Å². The first-order valence-electron chi connectivity index (χ1n) is 5.42. The van der Waals surface area contributed by atoms with Gasteiger partial charge >= 0.3 is 0 Å². The summed E-state index contributed by atoms with van der Waals surface area (Å²) >= 11 is 10.4. The van der Waals surface area contributed by atoms with Gasteiger partial charge in [0.2, 0.25) is 0 Å². The van der Waals surface area contributed by atoms with Crippen LogP contribution in [0, 0.1) is 0 Å². The molecule has 0 saturated heterocycles. The van der Waals surface area contributed by atoms with E-state index in [0.29, 0.717) is 27.1 Å². The quantitative estimate of drug-likeness (QED) is 0.484. The molecule has 2 aromatic rings. The monoisotopic (exact) mass is 373 g/mol. The molecule has 2 N–H and O–H groups in total. The number of aromatic nitrogens is 1. The molecular formula is C12H9BrClN3O2S. The van der Waals surface area contributed by atoms with Crippen molar-refractivity contribution in [2.24, 2.45) is 5.16 Å². The Morgan fingerprint density at radius 3 is 2.95 bits per heavy atom. The summed E-state index contributed by atoms with van der Waals surface area (Å²) in [6.45, 7) is 1.62. The Balaban J connectivity index is 2.15. The number of hydrogen-bond acceptors (Lipinski definition) is 5. The summed E-state index contributed by atoms with van der Waals surface area (Å²) in [6, 6.07) is 4.92. The van der Waals surface area contributed by atoms with Crippen LogP contribution in [0.1, 0.15) is 23.0 Å². The Morgan fingerprint density at radius 1 is 1.55 bits per heavy atom. The van der Waals surface area contributed by atoms with E-state index < -0.39 is 0 Å². The first kappa shape index (κ1) is 15.0. The van der Waals surface area contributed by atoms with Gasteiger partial charge in [-0.15, -0.1) is 11.3 Å². The zero-order valence-electron chi connectivity index (χ0n) is 10.2. The summed E-state index contributed by atoms with van der Waals surface area (Å²) in [5.41, 5.74) is 1.33. The van der Waals surface area contributed by atoms with E-state index in [1.165, 1.54) is 11.3 Å². The third kappa shape index (κ3) is 3.36. The number of hydrogen-bond donors (Lipinski definition) is 2. The number of carbonyl (C=O) groups is 1. The first-order chi connectivity index (χ1) is 9.51. The maximum Gasteiger partial charge on any atom is 0.257 e. The lowest BCUT2D eigenvalue weighted by Crippen LogP contribution is -2.12. The molecule has 2 rings (SSSR count). The molecule has 0 spiro atoms. The maximum atomic E-state index is 12.0. The van der Waals surface area contributed by atoms with Crippen molar-refractivity contribution in [1.29, 1.82) is 0 Å². The summed E-state index contributed by atoms with van der Waals surface area (Å²) in [5.74, 6) is -0.307. The number of nitrogens with zero attached hydrogens (tertiary/aromatic N) is 2. The number of thiazole rings is 1. The van der Waals surface area contributed by atoms with Gasteiger partial charge in [0.15, 0.2) is 5.13 Å². The van der Waals surface area contributed by atoms with Crippen LogP contribution in [0.3, 0.4) is 0 Å². The standard InChI is InChI=1S/C12H9BrClN3O2S/c1-6(17-19)10-5-20-12(15-10)16-11(18)7-2-3-8(13)9(14)4-7/h2-5,19H,1H3,(H,15,16,18)/b17-6-. The molecule has 0 aliphatic carbocycles. The minimum atomic E-state index is -0.307. The van der Waals surface area contributed by atoms with Crippen molar-refractivity contribution in [3.8, 4) is 0 Å². The highest BCUT2D eigenvalue weighted by atomic mass is 79.9. The Labute approximate surface area is 132 Å². The van der Waals surface area contributed by atoms with Crippen molar-refractivity contribution in [2.45, 2.75) is 6.92 Å².